The summed E-state index contributed by atoms with van der Waals surface area (Å²) >= 11 is 6.06. The van der Waals surface area contributed by atoms with Crippen LogP contribution in [0.2, 0.25) is 5.02 Å². The molecule has 0 spiro atoms. The topological polar surface area (TPSA) is 78.3 Å². The van der Waals surface area contributed by atoms with Crippen molar-refractivity contribution in [2.75, 3.05) is 6.61 Å². The van der Waals surface area contributed by atoms with E-state index in [-0.39, 0.29) is 11.5 Å². The average molecular weight is 405 g/mol. The second kappa shape index (κ2) is 7.54. The summed E-state index contributed by atoms with van der Waals surface area (Å²) in [5.41, 5.74) is 1.61. The maximum absolute atomic E-state index is 13.0. The molecule has 0 amide bonds. The first kappa shape index (κ1) is 19.1. The highest BCUT2D eigenvalue weighted by molar-refractivity contribution is 7.90. The monoisotopic (exact) mass is 404 g/mol. The molecule has 3 rings (SSSR count). The molecule has 3 aromatic rings. The first-order valence-corrected chi connectivity index (χ1v) is 10.00. The minimum atomic E-state index is -3.91. The zero-order valence-corrected chi connectivity index (χ0v) is 16.3. The van der Waals surface area contributed by atoms with Crippen LogP contribution in [0.1, 0.15) is 18.2 Å². The van der Waals surface area contributed by atoms with Crippen LogP contribution in [-0.4, -0.2) is 30.2 Å². The smallest absolute Gasteiger partial charge is 0.330 e. The average Bonchev–Trinajstić information content (AvgIpc) is 2.99. The van der Waals surface area contributed by atoms with Crippen molar-refractivity contribution in [3.05, 3.63) is 64.8 Å². The number of aryl methyl sites for hydroxylation is 1. The highest BCUT2D eigenvalue weighted by Gasteiger charge is 2.22. The highest BCUT2D eigenvalue weighted by Crippen LogP contribution is 2.27. The standard InChI is InChI=1S/C19H17ClN2O4S/c1-3-26-19(23)11-9-17-16-12-14(20)6-10-18(16)22(21-17)27(24,25)15-7-4-13(2)5-8-15/h4-12H,3H2,1-2H3/b11-9+. The van der Waals surface area contributed by atoms with Crippen molar-refractivity contribution in [2.45, 2.75) is 18.7 Å². The molecule has 8 heteroatoms. The number of esters is 1. The van der Waals surface area contributed by atoms with E-state index in [0.717, 1.165) is 9.65 Å². The lowest BCUT2D eigenvalue weighted by atomic mass is 10.2. The Labute approximate surface area is 162 Å². The second-order valence-electron chi connectivity index (χ2n) is 5.79. The van der Waals surface area contributed by atoms with Gasteiger partial charge >= 0.3 is 5.97 Å². The molecule has 0 unspecified atom stereocenters. The zero-order valence-electron chi connectivity index (χ0n) is 14.7. The lowest BCUT2D eigenvalue weighted by molar-refractivity contribution is -0.137. The van der Waals surface area contributed by atoms with Gasteiger partial charge in [-0.05, 0) is 50.3 Å². The van der Waals surface area contributed by atoms with Gasteiger partial charge in [0.25, 0.3) is 10.0 Å². The summed E-state index contributed by atoms with van der Waals surface area (Å²) in [5.74, 6) is -0.538. The Kier molecular flexibility index (Phi) is 5.34. The van der Waals surface area contributed by atoms with Crippen LogP contribution in [0.3, 0.4) is 0 Å². The molecule has 27 heavy (non-hydrogen) atoms. The third-order valence-corrected chi connectivity index (χ3v) is 5.69. The number of nitrogens with zero attached hydrogens (tertiary/aromatic N) is 2. The summed E-state index contributed by atoms with van der Waals surface area (Å²) < 4.78 is 31.9. The molecule has 0 bridgehead atoms. The molecular formula is C19H17ClN2O4S. The van der Waals surface area contributed by atoms with Crippen molar-refractivity contribution < 1.29 is 17.9 Å². The van der Waals surface area contributed by atoms with Crippen LogP contribution in [0.15, 0.2) is 53.4 Å². The maximum Gasteiger partial charge on any atom is 0.330 e. The molecular weight excluding hydrogens is 388 g/mol. The molecule has 0 fully saturated rings. The minimum Gasteiger partial charge on any atom is -0.463 e. The molecule has 2 aromatic carbocycles. The molecule has 140 valence electrons. The van der Waals surface area contributed by atoms with Crippen molar-refractivity contribution in [3.63, 3.8) is 0 Å². The minimum absolute atomic E-state index is 0.119. The van der Waals surface area contributed by atoms with Gasteiger partial charge in [-0.2, -0.15) is 17.6 Å². The third kappa shape index (κ3) is 3.89. The first-order chi connectivity index (χ1) is 12.8. The van der Waals surface area contributed by atoms with Gasteiger partial charge in [-0.3, -0.25) is 0 Å². The molecule has 1 heterocycles. The first-order valence-electron chi connectivity index (χ1n) is 8.18. The van der Waals surface area contributed by atoms with Gasteiger partial charge in [-0.1, -0.05) is 29.3 Å². The number of rotatable bonds is 5. The van der Waals surface area contributed by atoms with E-state index in [1.807, 2.05) is 6.92 Å². The van der Waals surface area contributed by atoms with Crippen LogP contribution >= 0.6 is 11.6 Å². The lowest BCUT2D eigenvalue weighted by Crippen LogP contribution is -2.14. The molecule has 0 saturated heterocycles. The number of hydrogen-bond acceptors (Lipinski definition) is 5. The van der Waals surface area contributed by atoms with Gasteiger partial charge in [0.05, 0.1) is 22.7 Å². The van der Waals surface area contributed by atoms with E-state index in [1.165, 1.54) is 24.3 Å². The van der Waals surface area contributed by atoms with E-state index in [1.54, 1.807) is 37.3 Å². The summed E-state index contributed by atoms with van der Waals surface area (Å²) in [6.07, 6.45) is 2.62. The Balaban J connectivity index is 2.16. The van der Waals surface area contributed by atoms with Crippen LogP contribution < -0.4 is 0 Å². The van der Waals surface area contributed by atoms with E-state index < -0.39 is 16.0 Å². The normalized spacial score (nSPS) is 12.0. The number of carbonyl (C=O) groups is 1. The second-order valence-corrected chi connectivity index (χ2v) is 8.00. The van der Waals surface area contributed by atoms with Crippen molar-refractivity contribution in [2.24, 2.45) is 0 Å². The van der Waals surface area contributed by atoms with Crippen LogP contribution in [0.25, 0.3) is 17.0 Å². The van der Waals surface area contributed by atoms with Gasteiger partial charge < -0.3 is 4.74 Å². The van der Waals surface area contributed by atoms with E-state index in [9.17, 15) is 13.2 Å². The van der Waals surface area contributed by atoms with Crippen molar-refractivity contribution in [3.8, 4) is 0 Å². The molecule has 0 aliphatic heterocycles. The summed E-state index contributed by atoms with van der Waals surface area (Å²) in [7, 11) is -3.91. The van der Waals surface area contributed by atoms with Crippen molar-refractivity contribution >= 4 is 44.6 Å². The van der Waals surface area contributed by atoms with Crippen LogP contribution in [0, 0.1) is 6.92 Å². The molecule has 0 N–H and O–H groups in total. The molecule has 1 aromatic heterocycles. The van der Waals surface area contributed by atoms with Gasteiger partial charge in [-0.25, -0.2) is 4.79 Å². The number of benzene rings is 2. The fourth-order valence-corrected chi connectivity index (χ4v) is 4.01. The van der Waals surface area contributed by atoms with Crippen molar-refractivity contribution in [1.29, 1.82) is 0 Å². The van der Waals surface area contributed by atoms with Crippen LogP contribution in [0.5, 0.6) is 0 Å². The molecule has 0 atom stereocenters. The van der Waals surface area contributed by atoms with Gasteiger partial charge in [0.1, 0.15) is 0 Å². The zero-order chi connectivity index (χ0) is 19.6. The Bertz CT molecular complexity index is 1130. The summed E-state index contributed by atoms with van der Waals surface area (Å²) in [4.78, 5) is 11.7. The van der Waals surface area contributed by atoms with Crippen LogP contribution in [0.4, 0.5) is 0 Å². The molecule has 0 saturated carbocycles. The Morgan fingerprint density at radius 1 is 1.22 bits per heavy atom. The Morgan fingerprint density at radius 3 is 2.59 bits per heavy atom. The number of hydrogen-bond donors (Lipinski definition) is 0. The highest BCUT2D eigenvalue weighted by atomic mass is 35.5. The van der Waals surface area contributed by atoms with Gasteiger partial charge in [0, 0.05) is 16.5 Å². The molecule has 0 aliphatic carbocycles. The Hall–Kier alpha value is -2.64. The van der Waals surface area contributed by atoms with Crippen LogP contribution in [-0.2, 0) is 19.6 Å². The van der Waals surface area contributed by atoms with E-state index in [0.29, 0.717) is 21.6 Å². The van der Waals surface area contributed by atoms with Gasteiger partial charge in [-0.15, -0.1) is 0 Å². The number of halogens is 1. The van der Waals surface area contributed by atoms with E-state index in [4.69, 9.17) is 16.3 Å². The van der Waals surface area contributed by atoms with Gasteiger partial charge in [0.2, 0.25) is 0 Å². The number of carbonyl (C=O) groups excluding carboxylic acids is 1. The van der Waals surface area contributed by atoms with Gasteiger partial charge in [0.15, 0.2) is 0 Å². The van der Waals surface area contributed by atoms with E-state index >= 15 is 0 Å². The predicted molar refractivity (Wildman–Crippen MR) is 104 cm³/mol. The SMILES string of the molecule is CCOC(=O)/C=C/c1nn(S(=O)(=O)c2ccc(C)cc2)c2ccc(Cl)cc12. The lowest BCUT2D eigenvalue weighted by Gasteiger charge is -2.06. The quantitative estimate of drug-likeness (QED) is 0.477. The summed E-state index contributed by atoms with van der Waals surface area (Å²) in [5, 5.41) is 5.15. The molecule has 0 aliphatic rings. The Morgan fingerprint density at radius 2 is 1.93 bits per heavy atom. The maximum atomic E-state index is 13.0. The molecule has 0 radical (unpaired) electrons. The molecule has 6 nitrogen and oxygen atoms in total. The number of aromatic nitrogens is 2. The largest absolute Gasteiger partial charge is 0.463 e. The van der Waals surface area contributed by atoms with E-state index in [2.05, 4.69) is 5.10 Å². The fourth-order valence-electron chi connectivity index (χ4n) is 2.54. The predicted octanol–water partition coefficient (Wildman–Crippen LogP) is 3.81. The number of ether oxygens (including phenoxy) is 1. The van der Waals surface area contributed by atoms with Crippen molar-refractivity contribution in [1.82, 2.24) is 9.19 Å². The number of fused-ring (bicyclic) bond motifs is 1. The summed E-state index contributed by atoms with van der Waals surface area (Å²) in [6, 6.07) is 11.3. The third-order valence-electron chi connectivity index (χ3n) is 3.85. The fraction of sp³-hybridized carbons (Fsp3) is 0.158. The summed E-state index contributed by atoms with van der Waals surface area (Å²) in [6.45, 7) is 3.82.